The smallest absolute Gasteiger partial charge is 0.268 e. The second kappa shape index (κ2) is 11.7. The van der Waals surface area contributed by atoms with Crippen molar-refractivity contribution in [1.29, 1.82) is 5.26 Å². The number of aromatic nitrogens is 2. The Balaban J connectivity index is 1.51. The van der Waals surface area contributed by atoms with Gasteiger partial charge in [-0.25, -0.2) is 0 Å². The highest BCUT2D eigenvalue weighted by atomic mass is 32.2. The lowest BCUT2D eigenvalue weighted by molar-refractivity contribution is -0.112. The van der Waals surface area contributed by atoms with Crippen LogP contribution in [0.25, 0.3) is 6.08 Å². The fraction of sp³-hybridized carbons (Fsp3) is 0.182. The van der Waals surface area contributed by atoms with Gasteiger partial charge < -0.3 is 14.2 Å². The molecule has 0 saturated heterocycles. The van der Waals surface area contributed by atoms with Gasteiger partial charge in [0.25, 0.3) is 5.91 Å². The minimum Gasteiger partial charge on any atom is -0.497 e. The van der Waals surface area contributed by atoms with E-state index in [0.29, 0.717) is 40.6 Å². The van der Waals surface area contributed by atoms with Crippen LogP contribution in [0.4, 0.5) is 5.13 Å². The molecule has 1 N–H and O–H groups in total. The van der Waals surface area contributed by atoms with Crippen LogP contribution >= 0.6 is 23.3 Å². The van der Waals surface area contributed by atoms with E-state index in [1.54, 1.807) is 37.4 Å². The fourth-order valence-electron chi connectivity index (χ4n) is 2.49. The number of carbonyl (C=O) groups excluding carboxylic acids is 1. The number of nitrogens with zero attached hydrogens (tertiary/aromatic N) is 3. The van der Waals surface area contributed by atoms with E-state index in [0.717, 1.165) is 17.3 Å². The molecule has 0 saturated carbocycles. The van der Waals surface area contributed by atoms with Crippen molar-refractivity contribution in [3.63, 3.8) is 0 Å². The molecule has 32 heavy (non-hydrogen) atoms. The number of benzene rings is 2. The maximum Gasteiger partial charge on any atom is 0.268 e. The third kappa shape index (κ3) is 6.73. The molecule has 10 heteroatoms. The molecule has 3 aromatic rings. The van der Waals surface area contributed by atoms with Gasteiger partial charge >= 0.3 is 0 Å². The number of nitriles is 1. The van der Waals surface area contributed by atoms with Crippen molar-refractivity contribution < 1.29 is 19.0 Å². The Kier molecular flexibility index (Phi) is 8.48. The third-order valence-corrected chi connectivity index (χ3v) is 5.32. The topological polar surface area (TPSA) is 106 Å². The lowest BCUT2D eigenvalue weighted by Crippen LogP contribution is -2.13. The van der Waals surface area contributed by atoms with Crippen LogP contribution in [-0.4, -0.2) is 41.8 Å². The largest absolute Gasteiger partial charge is 0.497 e. The molecule has 0 aliphatic rings. The molecule has 1 amide bonds. The van der Waals surface area contributed by atoms with Crippen molar-refractivity contribution in [2.24, 2.45) is 0 Å². The van der Waals surface area contributed by atoms with Crippen LogP contribution in [0.1, 0.15) is 5.56 Å². The highest BCUT2D eigenvalue weighted by Crippen LogP contribution is 2.20. The van der Waals surface area contributed by atoms with Crippen molar-refractivity contribution in [3.05, 3.63) is 59.7 Å². The number of nitrogens with one attached hydrogen (secondary N) is 1. The lowest BCUT2D eigenvalue weighted by Gasteiger charge is -2.09. The minimum atomic E-state index is -0.536. The van der Waals surface area contributed by atoms with Crippen LogP contribution in [0.15, 0.2) is 59.3 Å². The molecule has 0 bridgehead atoms. The van der Waals surface area contributed by atoms with Gasteiger partial charge in [0.05, 0.1) is 7.11 Å². The summed E-state index contributed by atoms with van der Waals surface area (Å²) in [6.45, 7) is 0.732. The Morgan fingerprint density at radius 1 is 1.16 bits per heavy atom. The summed E-state index contributed by atoms with van der Waals surface area (Å²) in [4.78, 5) is 16.5. The van der Waals surface area contributed by atoms with E-state index in [1.165, 1.54) is 17.8 Å². The van der Waals surface area contributed by atoms with E-state index < -0.39 is 5.91 Å². The van der Waals surface area contributed by atoms with Gasteiger partial charge in [-0.1, -0.05) is 30.0 Å². The molecule has 0 atom stereocenters. The normalized spacial score (nSPS) is 10.8. The summed E-state index contributed by atoms with van der Waals surface area (Å²) < 4.78 is 20.5. The Morgan fingerprint density at radius 2 is 1.88 bits per heavy atom. The van der Waals surface area contributed by atoms with Gasteiger partial charge in [0.1, 0.15) is 42.1 Å². The Morgan fingerprint density at radius 3 is 2.53 bits per heavy atom. The van der Waals surface area contributed by atoms with Crippen LogP contribution < -0.4 is 19.5 Å². The Hall–Kier alpha value is -3.55. The number of thioether (sulfide) groups is 1. The van der Waals surface area contributed by atoms with E-state index in [1.807, 2.05) is 30.5 Å². The first-order chi connectivity index (χ1) is 15.6. The maximum atomic E-state index is 12.3. The number of amides is 1. The second-order valence-corrected chi connectivity index (χ2v) is 7.68. The second-order valence-electron chi connectivity index (χ2n) is 6.16. The SMILES string of the molecule is COc1cccc(OCCOc2ccc(C=C(C#N)C(=O)Nc3nc(SC)ns3)cc2)c1. The zero-order chi connectivity index (χ0) is 22.8. The van der Waals surface area contributed by atoms with Crippen LogP contribution in [0.2, 0.25) is 0 Å². The van der Waals surface area contributed by atoms with Crippen LogP contribution in [-0.2, 0) is 4.79 Å². The highest BCUT2D eigenvalue weighted by molar-refractivity contribution is 7.98. The van der Waals surface area contributed by atoms with E-state index in [9.17, 15) is 10.1 Å². The average molecular weight is 469 g/mol. The highest BCUT2D eigenvalue weighted by Gasteiger charge is 2.12. The first kappa shape index (κ1) is 23.1. The number of anilines is 1. The number of methoxy groups -OCH3 is 1. The summed E-state index contributed by atoms with van der Waals surface area (Å²) in [6.07, 6.45) is 3.34. The van der Waals surface area contributed by atoms with Crippen molar-refractivity contribution in [3.8, 4) is 23.3 Å². The van der Waals surface area contributed by atoms with E-state index >= 15 is 0 Å². The predicted molar refractivity (Wildman–Crippen MR) is 124 cm³/mol. The van der Waals surface area contributed by atoms with Gasteiger partial charge in [0, 0.05) is 17.6 Å². The molecule has 3 rings (SSSR count). The van der Waals surface area contributed by atoms with Crippen LogP contribution in [0.3, 0.4) is 0 Å². The number of hydrogen-bond donors (Lipinski definition) is 1. The minimum absolute atomic E-state index is 0.0359. The standard InChI is InChI=1S/C22H20N4O4S2/c1-28-18-4-3-5-19(13-18)30-11-10-29-17-8-6-15(7-9-17)12-16(14-23)20(27)24-21-25-22(31-2)26-32-21/h3-9,12-13H,10-11H2,1-2H3,(H,24,25,26,27). The summed E-state index contributed by atoms with van der Waals surface area (Å²) in [7, 11) is 1.60. The molecule has 8 nitrogen and oxygen atoms in total. The van der Waals surface area contributed by atoms with Gasteiger partial charge in [-0.05, 0) is 42.2 Å². The number of rotatable bonds is 10. The number of carbonyl (C=O) groups is 1. The summed E-state index contributed by atoms with van der Waals surface area (Å²) in [5, 5.41) is 12.9. The van der Waals surface area contributed by atoms with Crippen LogP contribution in [0, 0.1) is 11.3 Å². The molecule has 1 aromatic heterocycles. The van der Waals surface area contributed by atoms with Gasteiger partial charge in [0.2, 0.25) is 10.3 Å². The first-order valence-electron chi connectivity index (χ1n) is 9.42. The maximum absolute atomic E-state index is 12.3. The molecule has 164 valence electrons. The van der Waals surface area contributed by atoms with Gasteiger partial charge in [-0.3, -0.25) is 10.1 Å². The predicted octanol–water partition coefficient (Wildman–Crippen LogP) is 4.27. The lowest BCUT2D eigenvalue weighted by atomic mass is 10.1. The number of hydrogen-bond acceptors (Lipinski definition) is 9. The van der Waals surface area contributed by atoms with Crippen molar-refractivity contribution in [2.75, 3.05) is 31.9 Å². The number of ether oxygens (including phenoxy) is 3. The first-order valence-corrected chi connectivity index (χ1v) is 11.4. The monoisotopic (exact) mass is 468 g/mol. The molecule has 0 fully saturated rings. The van der Waals surface area contributed by atoms with Gasteiger partial charge in [-0.2, -0.15) is 14.6 Å². The van der Waals surface area contributed by atoms with E-state index in [-0.39, 0.29) is 5.57 Å². The Bertz CT molecular complexity index is 1120. The average Bonchev–Trinajstić information content (AvgIpc) is 3.28. The summed E-state index contributed by atoms with van der Waals surface area (Å²) >= 11 is 2.44. The van der Waals surface area contributed by atoms with E-state index in [4.69, 9.17) is 14.2 Å². The fourth-order valence-corrected chi connectivity index (χ4v) is 3.61. The molecule has 0 aliphatic heterocycles. The molecule has 2 aromatic carbocycles. The quantitative estimate of drug-likeness (QED) is 0.203. The van der Waals surface area contributed by atoms with Crippen molar-refractivity contribution >= 4 is 40.4 Å². The van der Waals surface area contributed by atoms with E-state index in [2.05, 4.69) is 14.7 Å². The molecule has 0 aliphatic carbocycles. The molecule has 0 unspecified atom stereocenters. The van der Waals surface area contributed by atoms with Gasteiger partial charge in [-0.15, -0.1) is 0 Å². The Labute approximate surface area is 194 Å². The molecule has 0 radical (unpaired) electrons. The molecule has 1 heterocycles. The molecular weight excluding hydrogens is 448 g/mol. The zero-order valence-electron chi connectivity index (χ0n) is 17.4. The van der Waals surface area contributed by atoms with Crippen molar-refractivity contribution in [1.82, 2.24) is 9.36 Å². The van der Waals surface area contributed by atoms with Crippen molar-refractivity contribution in [2.45, 2.75) is 5.16 Å². The summed E-state index contributed by atoms with van der Waals surface area (Å²) in [6, 6.07) is 16.3. The van der Waals surface area contributed by atoms with Gasteiger partial charge in [0.15, 0.2) is 0 Å². The molecule has 0 spiro atoms. The summed E-state index contributed by atoms with van der Waals surface area (Å²) in [5.41, 5.74) is 0.657. The molecular formula is C22H20N4O4S2. The van der Waals surface area contributed by atoms with Crippen LogP contribution in [0.5, 0.6) is 17.2 Å². The zero-order valence-corrected chi connectivity index (χ0v) is 19.0. The third-order valence-electron chi connectivity index (χ3n) is 4.03. The summed E-state index contributed by atoms with van der Waals surface area (Å²) in [5.74, 6) is 1.54.